The molecule has 1 saturated heterocycles. The minimum Gasteiger partial charge on any atom is -0.480 e. The Bertz CT molecular complexity index is 675. The number of rotatable bonds is 8. The third-order valence-corrected chi connectivity index (χ3v) is 4.59. The molecule has 1 atom stereocenters. The number of benzene rings is 1. The van der Waals surface area contributed by atoms with Crippen molar-refractivity contribution >= 4 is 23.5 Å². The fraction of sp³-hybridized carbons (Fsp3) is 0.526. The van der Waals surface area contributed by atoms with Gasteiger partial charge >= 0.3 is 5.97 Å². The number of carboxylic acid groups (broad SMARTS) is 1. The van der Waals surface area contributed by atoms with Crippen molar-refractivity contribution in [3.05, 3.63) is 29.8 Å². The molecular formula is C19H27N3O4. The van der Waals surface area contributed by atoms with Crippen LogP contribution in [0.5, 0.6) is 0 Å². The Morgan fingerprint density at radius 3 is 2.54 bits per heavy atom. The number of anilines is 1. The maximum Gasteiger partial charge on any atom is 0.323 e. The molecule has 1 aromatic carbocycles. The molecule has 0 saturated carbocycles. The van der Waals surface area contributed by atoms with Crippen LogP contribution in [0.3, 0.4) is 0 Å². The summed E-state index contributed by atoms with van der Waals surface area (Å²) in [4.78, 5) is 41.4. The average molecular weight is 361 g/mol. The second-order valence-electron chi connectivity index (χ2n) is 6.84. The number of nitrogens with zero attached hydrogens (tertiary/aromatic N) is 3. The Kier molecular flexibility index (Phi) is 6.74. The molecule has 1 aliphatic heterocycles. The molecule has 0 aliphatic carbocycles. The maximum absolute atomic E-state index is 12.8. The van der Waals surface area contributed by atoms with Gasteiger partial charge < -0.3 is 19.8 Å². The highest BCUT2D eigenvalue weighted by Gasteiger charge is 2.38. The quantitative estimate of drug-likeness (QED) is 0.749. The summed E-state index contributed by atoms with van der Waals surface area (Å²) in [6.45, 7) is 2.88. The van der Waals surface area contributed by atoms with Gasteiger partial charge in [-0.25, -0.2) is 0 Å². The number of para-hydroxylation sites is 1. The molecule has 0 aromatic heterocycles. The lowest BCUT2D eigenvalue weighted by atomic mass is 10.1. The van der Waals surface area contributed by atoms with Gasteiger partial charge in [0.05, 0.1) is 5.92 Å². The van der Waals surface area contributed by atoms with Gasteiger partial charge in [0.25, 0.3) is 0 Å². The summed E-state index contributed by atoms with van der Waals surface area (Å²) in [5.41, 5.74) is 1.90. The molecule has 1 fully saturated rings. The highest BCUT2D eigenvalue weighted by molar-refractivity contribution is 6.01. The number of carbonyl (C=O) groups is 3. The first kappa shape index (κ1) is 19.9. The van der Waals surface area contributed by atoms with Crippen LogP contribution in [0, 0.1) is 5.92 Å². The number of aryl methyl sites for hydroxylation is 1. The van der Waals surface area contributed by atoms with E-state index in [0.29, 0.717) is 19.6 Å². The Labute approximate surface area is 154 Å². The van der Waals surface area contributed by atoms with Gasteiger partial charge in [0.1, 0.15) is 6.54 Å². The maximum atomic E-state index is 12.8. The Morgan fingerprint density at radius 2 is 1.92 bits per heavy atom. The van der Waals surface area contributed by atoms with Crippen LogP contribution in [0.1, 0.15) is 18.9 Å². The summed E-state index contributed by atoms with van der Waals surface area (Å²) in [5.74, 6) is -1.91. The zero-order chi connectivity index (χ0) is 19.3. The molecule has 26 heavy (non-hydrogen) atoms. The zero-order valence-electron chi connectivity index (χ0n) is 15.6. The number of amides is 2. The third kappa shape index (κ3) is 4.82. The van der Waals surface area contributed by atoms with Gasteiger partial charge in [-0.1, -0.05) is 25.1 Å². The van der Waals surface area contributed by atoms with Crippen LogP contribution in [0.2, 0.25) is 0 Å². The molecule has 1 aliphatic rings. The molecule has 142 valence electrons. The normalized spacial score (nSPS) is 17.0. The SMILES string of the molecule is CCc1ccccc1N1C[C@H](C(=O)N(CCN(C)C)CC(=O)O)CC1=O. The molecule has 0 spiro atoms. The van der Waals surface area contributed by atoms with Gasteiger partial charge in [-0.05, 0) is 32.1 Å². The van der Waals surface area contributed by atoms with Gasteiger partial charge in [-0.15, -0.1) is 0 Å². The van der Waals surface area contributed by atoms with Crippen molar-refractivity contribution < 1.29 is 19.5 Å². The van der Waals surface area contributed by atoms with E-state index in [1.807, 2.05) is 50.2 Å². The smallest absolute Gasteiger partial charge is 0.323 e. The first-order valence-corrected chi connectivity index (χ1v) is 8.87. The molecule has 7 nitrogen and oxygen atoms in total. The first-order valence-electron chi connectivity index (χ1n) is 8.87. The average Bonchev–Trinajstić information content (AvgIpc) is 2.99. The second kappa shape index (κ2) is 8.80. The van der Waals surface area contributed by atoms with Crippen LogP contribution >= 0.6 is 0 Å². The topological polar surface area (TPSA) is 81.2 Å². The Morgan fingerprint density at radius 1 is 1.23 bits per heavy atom. The standard InChI is InChI=1S/C19H27N3O4/c1-4-14-7-5-6-8-16(14)22-12-15(11-17(22)23)19(26)21(13-18(24)25)10-9-20(2)3/h5-8,15H,4,9-13H2,1-3H3,(H,24,25)/t15-/m1/s1. The molecule has 7 heteroatoms. The fourth-order valence-corrected chi connectivity index (χ4v) is 3.19. The van der Waals surface area contributed by atoms with Crippen molar-refractivity contribution in [3.8, 4) is 0 Å². The van der Waals surface area contributed by atoms with E-state index in [0.717, 1.165) is 17.7 Å². The number of aliphatic carboxylic acids is 1. The van der Waals surface area contributed by atoms with E-state index in [1.54, 1.807) is 4.90 Å². The summed E-state index contributed by atoms with van der Waals surface area (Å²) in [6, 6.07) is 7.68. The molecule has 0 radical (unpaired) electrons. The van der Waals surface area contributed by atoms with Gasteiger partial charge in [0.15, 0.2) is 0 Å². The van der Waals surface area contributed by atoms with Crippen LogP contribution in [-0.4, -0.2) is 73.0 Å². The number of carbonyl (C=O) groups excluding carboxylic acids is 2. The van der Waals surface area contributed by atoms with Crippen molar-refractivity contribution in [3.63, 3.8) is 0 Å². The predicted octanol–water partition coefficient (Wildman–Crippen LogP) is 1.08. The van der Waals surface area contributed by atoms with Gasteiger partial charge in [0, 0.05) is 31.7 Å². The minimum atomic E-state index is -1.05. The Balaban J connectivity index is 2.14. The highest BCUT2D eigenvalue weighted by atomic mass is 16.4. The van der Waals surface area contributed by atoms with E-state index in [4.69, 9.17) is 5.11 Å². The molecule has 0 bridgehead atoms. The summed E-state index contributed by atoms with van der Waals surface area (Å²) in [5, 5.41) is 9.11. The summed E-state index contributed by atoms with van der Waals surface area (Å²) in [6.07, 6.45) is 0.918. The van der Waals surface area contributed by atoms with Crippen molar-refractivity contribution in [2.24, 2.45) is 5.92 Å². The largest absolute Gasteiger partial charge is 0.480 e. The van der Waals surface area contributed by atoms with E-state index < -0.39 is 11.9 Å². The molecule has 1 heterocycles. The fourth-order valence-electron chi connectivity index (χ4n) is 3.19. The third-order valence-electron chi connectivity index (χ3n) is 4.59. The number of hydrogen-bond donors (Lipinski definition) is 1. The van der Waals surface area contributed by atoms with Crippen LogP contribution in [0.15, 0.2) is 24.3 Å². The lowest BCUT2D eigenvalue weighted by Gasteiger charge is -2.25. The van der Waals surface area contributed by atoms with Crippen molar-refractivity contribution in [1.29, 1.82) is 0 Å². The van der Waals surface area contributed by atoms with Crippen molar-refractivity contribution in [1.82, 2.24) is 9.80 Å². The molecule has 0 unspecified atom stereocenters. The molecule has 2 rings (SSSR count). The highest BCUT2D eigenvalue weighted by Crippen LogP contribution is 2.29. The van der Waals surface area contributed by atoms with E-state index >= 15 is 0 Å². The van der Waals surface area contributed by atoms with Crippen LogP contribution in [0.4, 0.5) is 5.69 Å². The van der Waals surface area contributed by atoms with Crippen LogP contribution in [-0.2, 0) is 20.8 Å². The zero-order valence-corrected chi connectivity index (χ0v) is 15.6. The summed E-state index contributed by atoms with van der Waals surface area (Å²) < 4.78 is 0. The second-order valence-corrected chi connectivity index (χ2v) is 6.84. The van der Waals surface area contributed by atoms with Crippen molar-refractivity contribution in [2.75, 3.05) is 45.2 Å². The Hall–Kier alpha value is -2.41. The number of likely N-dealkylation sites (N-methyl/N-ethyl adjacent to an activating group) is 1. The minimum absolute atomic E-state index is 0.0906. The molecule has 1 N–H and O–H groups in total. The van der Waals surface area contributed by atoms with Crippen LogP contribution in [0.25, 0.3) is 0 Å². The van der Waals surface area contributed by atoms with Gasteiger partial charge in [-0.2, -0.15) is 0 Å². The number of carboxylic acids is 1. The van der Waals surface area contributed by atoms with Gasteiger partial charge in [-0.3, -0.25) is 14.4 Å². The lowest BCUT2D eigenvalue weighted by molar-refractivity contribution is -0.146. The van der Waals surface area contributed by atoms with E-state index in [-0.39, 0.29) is 24.8 Å². The molecular weight excluding hydrogens is 334 g/mol. The first-order chi connectivity index (χ1) is 12.3. The summed E-state index contributed by atoms with van der Waals surface area (Å²) in [7, 11) is 3.73. The van der Waals surface area contributed by atoms with E-state index in [9.17, 15) is 14.4 Å². The van der Waals surface area contributed by atoms with Gasteiger partial charge in [0.2, 0.25) is 11.8 Å². The molecule has 2 amide bonds. The van der Waals surface area contributed by atoms with E-state index in [2.05, 4.69) is 0 Å². The predicted molar refractivity (Wildman–Crippen MR) is 99.0 cm³/mol. The lowest BCUT2D eigenvalue weighted by Crippen LogP contribution is -2.43. The number of hydrogen-bond acceptors (Lipinski definition) is 4. The monoisotopic (exact) mass is 361 g/mol. The van der Waals surface area contributed by atoms with Crippen LogP contribution < -0.4 is 4.90 Å². The summed E-state index contributed by atoms with van der Waals surface area (Å²) >= 11 is 0. The van der Waals surface area contributed by atoms with Crippen molar-refractivity contribution in [2.45, 2.75) is 19.8 Å². The molecule has 1 aromatic rings. The van der Waals surface area contributed by atoms with E-state index in [1.165, 1.54) is 4.90 Å².